The number of piperidine rings is 1. The third-order valence-electron chi connectivity index (χ3n) is 3.89. The quantitative estimate of drug-likeness (QED) is 0.877. The van der Waals surface area contributed by atoms with Crippen LogP contribution in [0.15, 0.2) is 18.2 Å². The number of carbonyl (C=O) groups is 1. The van der Waals surface area contributed by atoms with Crippen LogP contribution in [-0.4, -0.2) is 19.0 Å². The summed E-state index contributed by atoms with van der Waals surface area (Å²) in [7, 11) is 0. The number of rotatable bonds is 3. The summed E-state index contributed by atoms with van der Waals surface area (Å²) >= 11 is 0. The highest BCUT2D eigenvalue weighted by Crippen LogP contribution is 2.28. The number of amides is 1. The van der Waals surface area contributed by atoms with Crippen molar-refractivity contribution in [1.82, 2.24) is 5.32 Å². The first kappa shape index (κ1) is 14.1. The van der Waals surface area contributed by atoms with Crippen molar-refractivity contribution in [2.75, 3.05) is 18.4 Å². The molecule has 104 valence electrons. The molecule has 1 aliphatic heterocycles. The van der Waals surface area contributed by atoms with Crippen molar-refractivity contribution in [2.24, 2.45) is 5.92 Å². The van der Waals surface area contributed by atoms with Gasteiger partial charge in [-0.3, -0.25) is 4.79 Å². The minimum atomic E-state index is 0.154. The zero-order valence-electron chi connectivity index (χ0n) is 12.1. The second-order valence-corrected chi connectivity index (χ2v) is 5.71. The average Bonchev–Trinajstić information content (AvgIpc) is 2.41. The van der Waals surface area contributed by atoms with Crippen molar-refractivity contribution >= 4 is 11.6 Å². The maximum atomic E-state index is 12.4. The highest BCUT2D eigenvalue weighted by molar-refractivity contribution is 5.94. The Balaban J connectivity index is 2.15. The molecule has 0 atom stereocenters. The topological polar surface area (TPSA) is 41.1 Å². The Morgan fingerprint density at radius 3 is 2.63 bits per heavy atom. The second kappa shape index (κ2) is 6.20. The summed E-state index contributed by atoms with van der Waals surface area (Å²) in [5.41, 5.74) is 3.39. The average molecular weight is 260 g/mol. The molecule has 0 aliphatic carbocycles. The van der Waals surface area contributed by atoms with Crippen molar-refractivity contribution in [1.29, 1.82) is 0 Å². The van der Waals surface area contributed by atoms with Crippen LogP contribution in [0, 0.1) is 12.8 Å². The van der Waals surface area contributed by atoms with Crippen molar-refractivity contribution in [3.63, 3.8) is 0 Å². The van der Waals surface area contributed by atoms with E-state index in [4.69, 9.17) is 0 Å². The molecule has 0 unspecified atom stereocenters. The highest BCUT2D eigenvalue weighted by Gasteiger charge is 2.22. The Morgan fingerprint density at radius 2 is 2.00 bits per heavy atom. The van der Waals surface area contributed by atoms with E-state index in [0.29, 0.717) is 5.92 Å². The molecule has 1 heterocycles. The second-order valence-electron chi connectivity index (χ2n) is 5.71. The van der Waals surface area contributed by atoms with Crippen LogP contribution in [0.5, 0.6) is 0 Å². The van der Waals surface area contributed by atoms with Crippen LogP contribution in [-0.2, 0) is 4.79 Å². The van der Waals surface area contributed by atoms with E-state index >= 15 is 0 Å². The van der Waals surface area contributed by atoms with E-state index in [1.807, 2.05) is 0 Å². The molecule has 3 nitrogen and oxygen atoms in total. The van der Waals surface area contributed by atoms with Gasteiger partial charge < -0.3 is 10.6 Å². The highest BCUT2D eigenvalue weighted by atomic mass is 16.1. The number of benzene rings is 1. The fourth-order valence-electron chi connectivity index (χ4n) is 2.65. The first-order chi connectivity index (χ1) is 9.09. The SMILES string of the molecule is Cc1cccc(C(C)C)c1NC(=O)C1CCNCC1. The minimum Gasteiger partial charge on any atom is -0.325 e. The number of aryl methyl sites for hydroxylation is 1. The lowest BCUT2D eigenvalue weighted by Gasteiger charge is -2.23. The van der Waals surface area contributed by atoms with Crippen LogP contribution in [0.1, 0.15) is 43.7 Å². The summed E-state index contributed by atoms with van der Waals surface area (Å²) in [5, 5.41) is 6.46. The molecule has 0 bridgehead atoms. The predicted molar refractivity (Wildman–Crippen MR) is 79.5 cm³/mol. The molecule has 0 aromatic heterocycles. The van der Waals surface area contributed by atoms with E-state index in [-0.39, 0.29) is 11.8 Å². The van der Waals surface area contributed by atoms with Crippen LogP contribution in [0.4, 0.5) is 5.69 Å². The Morgan fingerprint density at radius 1 is 1.32 bits per heavy atom. The number of carbonyl (C=O) groups excluding carboxylic acids is 1. The van der Waals surface area contributed by atoms with Crippen LogP contribution in [0.3, 0.4) is 0 Å². The largest absolute Gasteiger partial charge is 0.325 e. The molecular formula is C16H24N2O. The number of hydrogen-bond donors (Lipinski definition) is 2. The Bertz CT molecular complexity index is 448. The number of para-hydroxylation sites is 1. The van der Waals surface area contributed by atoms with Gasteiger partial charge in [0, 0.05) is 11.6 Å². The normalized spacial score (nSPS) is 16.6. The molecule has 2 rings (SSSR count). The summed E-state index contributed by atoms with van der Waals surface area (Å²) in [6.45, 7) is 8.28. The maximum Gasteiger partial charge on any atom is 0.227 e. The molecule has 1 aliphatic rings. The number of hydrogen-bond acceptors (Lipinski definition) is 2. The predicted octanol–water partition coefficient (Wildman–Crippen LogP) is 3.06. The summed E-state index contributed by atoms with van der Waals surface area (Å²) < 4.78 is 0. The molecule has 1 amide bonds. The summed E-state index contributed by atoms with van der Waals surface area (Å²) in [6.07, 6.45) is 1.88. The lowest BCUT2D eigenvalue weighted by molar-refractivity contribution is -0.120. The van der Waals surface area contributed by atoms with Crippen LogP contribution in [0.25, 0.3) is 0 Å². The standard InChI is InChI=1S/C16H24N2O/c1-11(2)14-6-4-5-12(3)15(14)18-16(19)13-7-9-17-10-8-13/h4-6,11,13,17H,7-10H2,1-3H3,(H,18,19). The van der Waals surface area contributed by atoms with E-state index in [0.717, 1.165) is 37.2 Å². The number of anilines is 1. The molecule has 19 heavy (non-hydrogen) atoms. The summed E-state index contributed by atoms with van der Waals surface area (Å²) in [4.78, 5) is 12.4. The third kappa shape index (κ3) is 3.35. The van der Waals surface area contributed by atoms with Gasteiger partial charge in [-0.15, -0.1) is 0 Å². The van der Waals surface area contributed by atoms with Gasteiger partial charge in [0.1, 0.15) is 0 Å². The summed E-state index contributed by atoms with van der Waals surface area (Å²) in [5.74, 6) is 0.752. The Labute approximate surface area is 115 Å². The smallest absolute Gasteiger partial charge is 0.227 e. The minimum absolute atomic E-state index is 0.154. The molecule has 1 fully saturated rings. The Hall–Kier alpha value is -1.35. The van der Waals surface area contributed by atoms with E-state index in [1.54, 1.807) is 0 Å². The molecular weight excluding hydrogens is 236 g/mol. The first-order valence-electron chi connectivity index (χ1n) is 7.20. The van der Waals surface area contributed by atoms with Gasteiger partial charge in [-0.25, -0.2) is 0 Å². The molecule has 1 aromatic carbocycles. The van der Waals surface area contributed by atoms with Gasteiger partial charge in [0.15, 0.2) is 0 Å². The zero-order chi connectivity index (χ0) is 13.8. The maximum absolute atomic E-state index is 12.4. The van der Waals surface area contributed by atoms with E-state index in [1.165, 1.54) is 5.56 Å². The van der Waals surface area contributed by atoms with Gasteiger partial charge in [0.25, 0.3) is 0 Å². The summed E-state index contributed by atoms with van der Waals surface area (Å²) in [6, 6.07) is 6.23. The molecule has 2 N–H and O–H groups in total. The van der Waals surface area contributed by atoms with E-state index in [9.17, 15) is 4.79 Å². The fraction of sp³-hybridized carbons (Fsp3) is 0.562. The third-order valence-corrected chi connectivity index (χ3v) is 3.89. The monoisotopic (exact) mass is 260 g/mol. The molecule has 0 spiro atoms. The van der Waals surface area contributed by atoms with Gasteiger partial charge in [-0.1, -0.05) is 32.0 Å². The van der Waals surface area contributed by atoms with Crippen molar-refractivity contribution in [3.8, 4) is 0 Å². The van der Waals surface area contributed by atoms with Crippen molar-refractivity contribution in [2.45, 2.75) is 39.5 Å². The van der Waals surface area contributed by atoms with Crippen molar-refractivity contribution in [3.05, 3.63) is 29.3 Å². The molecule has 1 aromatic rings. The van der Waals surface area contributed by atoms with Crippen LogP contribution in [0.2, 0.25) is 0 Å². The lowest BCUT2D eigenvalue weighted by atomic mass is 9.95. The van der Waals surface area contributed by atoms with E-state index in [2.05, 4.69) is 49.6 Å². The van der Waals surface area contributed by atoms with E-state index < -0.39 is 0 Å². The number of nitrogens with one attached hydrogen (secondary N) is 2. The van der Waals surface area contributed by atoms with Gasteiger partial charge in [-0.05, 0) is 49.9 Å². The molecule has 0 saturated carbocycles. The Kier molecular flexibility index (Phi) is 4.59. The van der Waals surface area contributed by atoms with Crippen LogP contribution < -0.4 is 10.6 Å². The van der Waals surface area contributed by atoms with Gasteiger partial charge >= 0.3 is 0 Å². The van der Waals surface area contributed by atoms with Crippen LogP contribution >= 0.6 is 0 Å². The first-order valence-corrected chi connectivity index (χ1v) is 7.20. The fourth-order valence-corrected chi connectivity index (χ4v) is 2.65. The molecule has 3 heteroatoms. The molecule has 1 saturated heterocycles. The zero-order valence-corrected chi connectivity index (χ0v) is 12.1. The van der Waals surface area contributed by atoms with Gasteiger partial charge in [0.2, 0.25) is 5.91 Å². The van der Waals surface area contributed by atoms with Gasteiger partial charge in [-0.2, -0.15) is 0 Å². The van der Waals surface area contributed by atoms with Crippen molar-refractivity contribution < 1.29 is 4.79 Å². The molecule has 0 radical (unpaired) electrons. The lowest BCUT2D eigenvalue weighted by Crippen LogP contribution is -2.34. The van der Waals surface area contributed by atoms with Gasteiger partial charge in [0.05, 0.1) is 0 Å².